The highest BCUT2D eigenvalue weighted by Crippen LogP contribution is 2.36. The Hall–Kier alpha value is -2.10. The van der Waals surface area contributed by atoms with E-state index in [1.807, 2.05) is 6.07 Å². The number of halogens is 2. The summed E-state index contributed by atoms with van der Waals surface area (Å²) < 4.78 is 6.06. The number of nitriles is 1. The summed E-state index contributed by atoms with van der Waals surface area (Å²) >= 11 is 9.07. The second-order valence-corrected chi connectivity index (χ2v) is 5.02. The van der Waals surface area contributed by atoms with E-state index >= 15 is 0 Å². The largest absolute Gasteiger partial charge is 0.449 e. The molecule has 0 saturated heterocycles. The minimum absolute atomic E-state index is 0.00271. The first-order valence-corrected chi connectivity index (χ1v) is 6.50. The predicted molar refractivity (Wildman–Crippen MR) is 77.0 cm³/mol. The van der Waals surface area contributed by atoms with E-state index in [-0.39, 0.29) is 17.0 Å². The van der Waals surface area contributed by atoms with E-state index in [1.165, 1.54) is 18.2 Å². The fourth-order valence-electron chi connectivity index (χ4n) is 1.49. The molecule has 0 aromatic heterocycles. The van der Waals surface area contributed by atoms with Crippen molar-refractivity contribution in [2.75, 3.05) is 0 Å². The zero-order chi connectivity index (χ0) is 14.7. The molecule has 0 aliphatic carbocycles. The first-order chi connectivity index (χ1) is 9.51. The molecular weight excluding hydrogens is 348 g/mol. The Kier molecular flexibility index (Phi) is 4.23. The third-order valence-corrected chi connectivity index (χ3v) is 3.25. The maximum atomic E-state index is 11.0. The van der Waals surface area contributed by atoms with Gasteiger partial charge in [-0.15, -0.1) is 0 Å². The Morgan fingerprint density at radius 3 is 2.60 bits per heavy atom. The number of benzene rings is 2. The average Bonchev–Trinajstić information content (AvgIpc) is 2.41. The van der Waals surface area contributed by atoms with Gasteiger partial charge in [0.25, 0.3) is 0 Å². The van der Waals surface area contributed by atoms with Gasteiger partial charge < -0.3 is 4.74 Å². The SMILES string of the molecule is N#Cc1ccc([N+](=O)[O-])c(Oc2ccc(Cl)cc2Br)c1. The van der Waals surface area contributed by atoms with Crippen molar-refractivity contribution in [2.45, 2.75) is 0 Å². The monoisotopic (exact) mass is 352 g/mol. The van der Waals surface area contributed by atoms with Crippen molar-refractivity contribution >= 4 is 33.2 Å². The van der Waals surface area contributed by atoms with Crippen LogP contribution in [0.5, 0.6) is 11.5 Å². The summed E-state index contributed by atoms with van der Waals surface area (Å²) in [6.07, 6.45) is 0. The van der Waals surface area contributed by atoms with Gasteiger partial charge >= 0.3 is 5.69 Å². The van der Waals surface area contributed by atoms with Gasteiger partial charge in [0.2, 0.25) is 5.75 Å². The lowest BCUT2D eigenvalue weighted by atomic mass is 10.2. The number of hydrogen-bond donors (Lipinski definition) is 0. The van der Waals surface area contributed by atoms with Crippen LogP contribution in [-0.2, 0) is 0 Å². The van der Waals surface area contributed by atoms with Gasteiger partial charge in [0.1, 0.15) is 5.75 Å². The Balaban J connectivity index is 2.46. The molecule has 0 saturated carbocycles. The Bertz CT molecular complexity index is 728. The van der Waals surface area contributed by atoms with Crippen molar-refractivity contribution in [1.29, 1.82) is 5.26 Å². The quantitative estimate of drug-likeness (QED) is 0.593. The minimum Gasteiger partial charge on any atom is -0.449 e. The van der Waals surface area contributed by atoms with E-state index in [0.29, 0.717) is 15.2 Å². The number of rotatable bonds is 3. The van der Waals surface area contributed by atoms with Crippen molar-refractivity contribution in [3.05, 3.63) is 61.6 Å². The zero-order valence-corrected chi connectivity index (χ0v) is 12.2. The Labute approximate surface area is 127 Å². The number of nitro groups is 1. The third kappa shape index (κ3) is 3.07. The molecule has 7 heteroatoms. The predicted octanol–water partition coefficient (Wildman–Crippen LogP) is 4.67. The standard InChI is InChI=1S/C13H6BrClN2O3/c14-10-6-9(15)2-4-12(10)20-13-5-8(7-16)1-3-11(13)17(18)19/h1-6H. The number of nitrogens with zero attached hydrogens (tertiary/aromatic N) is 2. The lowest BCUT2D eigenvalue weighted by molar-refractivity contribution is -0.385. The van der Waals surface area contributed by atoms with E-state index in [1.54, 1.807) is 18.2 Å². The van der Waals surface area contributed by atoms with E-state index < -0.39 is 4.92 Å². The molecule has 0 atom stereocenters. The molecule has 0 spiro atoms. The molecule has 0 N–H and O–H groups in total. The zero-order valence-electron chi connectivity index (χ0n) is 9.84. The normalized spacial score (nSPS) is 9.85. The van der Waals surface area contributed by atoms with E-state index in [4.69, 9.17) is 21.6 Å². The van der Waals surface area contributed by atoms with Crippen LogP contribution in [0.1, 0.15) is 5.56 Å². The lowest BCUT2D eigenvalue weighted by Crippen LogP contribution is -1.94. The topological polar surface area (TPSA) is 76.2 Å². The molecule has 0 bridgehead atoms. The highest BCUT2D eigenvalue weighted by atomic mass is 79.9. The Morgan fingerprint density at radius 1 is 1.25 bits per heavy atom. The summed E-state index contributed by atoms with van der Waals surface area (Å²) in [6, 6.07) is 10.6. The van der Waals surface area contributed by atoms with Gasteiger partial charge in [-0.25, -0.2) is 0 Å². The van der Waals surface area contributed by atoms with Crippen LogP contribution in [0.25, 0.3) is 0 Å². The number of nitro benzene ring substituents is 1. The Morgan fingerprint density at radius 2 is 2.00 bits per heavy atom. The maximum Gasteiger partial charge on any atom is 0.311 e. The summed E-state index contributed by atoms with van der Waals surface area (Å²) in [5.41, 5.74) is 0.0570. The van der Waals surface area contributed by atoms with Crippen LogP contribution in [0.15, 0.2) is 40.9 Å². The van der Waals surface area contributed by atoms with Gasteiger partial charge in [-0.05, 0) is 40.2 Å². The molecule has 0 fully saturated rings. The molecule has 0 aliphatic heterocycles. The van der Waals surface area contributed by atoms with E-state index in [2.05, 4.69) is 15.9 Å². The fraction of sp³-hybridized carbons (Fsp3) is 0. The van der Waals surface area contributed by atoms with Crippen LogP contribution in [0.3, 0.4) is 0 Å². The first kappa shape index (κ1) is 14.3. The average molecular weight is 354 g/mol. The summed E-state index contributed by atoms with van der Waals surface area (Å²) in [7, 11) is 0. The molecule has 2 aromatic rings. The summed E-state index contributed by atoms with van der Waals surface area (Å²) in [4.78, 5) is 10.4. The second kappa shape index (κ2) is 5.90. The third-order valence-electron chi connectivity index (χ3n) is 2.40. The van der Waals surface area contributed by atoms with Gasteiger partial charge in [-0.3, -0.25) is 10.1 Å². The number of ether oxygens (including phenoxy) is 1. The molecule has 0 aliphatic rings. The fourth-order valence-corrected chi connectivity index (χ4v) is 2.26. The minimum atomic E-state index is -0.569. The van der Waals surface area contributed by atoms with Crippen molar-refractivity contribution in [3.8, 4) is 17.6 Å². The summed E-state index contributed by atoms with van der Waals surface area (Å²) in [5.74, 6) is 0.365. The van der Waals surface area contributed by atoms with E-state index in [0.717, 1.165) is 0 Å². The van der Waals surface area contributed by atoms with Crippen LogP contribution in [-0.4, -0.2) is 4.92 Å². The molecule has 2 rings (SSSR count). The van der Waals surface area contributed by atoms with Gasteiger partial charge in [-0.2, -0.15) is 5.26 Å². The molecular formula is C13H6BrClN2O3. The van der Waals surface area contributed by atoms with Gasteiger partial charge in [-0.1, -0.05) is 11.6 Å². The van der Waals surface area contributed by atoms with Crippen LogP contribution in [0.4, 0.5) is 5.69 Å². The lowest BCUT2D eigenvalue weighted by Gasteiger charge is -2.08. The maximum absolute atomic E-state index is 11.0. The highest BCUT2D eigenvalue weighted by molar-refractivity contribution is 9.10. The van der Waals surface area contributed by atoms with Crippen LogP contribution in [0, 0.1) is 21.4 Å². The number of hydrogen-bond acceptors (Lipinski definition) is 4. The molecule has 0 amide bonds. The molecule has 20 heavy (non-hydrogen) atoms. The smallest absolute Gasteiger partial charge is 0.311 e. The van der Waals surface area contributed by atoms with Crippen molar-refractivity contribution in [1.82, 2.24) is 0 Å². The molecule has 0 unspecified atom stereocenters. The molecule has 0 heterocycles. The van der Waals surface area contributed by atoms with E-state index in [9.17, 15) is 10.1 Å². The molecule has 0 radical (unpaired) electrons. The molecule has 5 nitrogen and oxygen atoms in total. The summed E-state index contributed by atoms with van der Waals surface area (Å²) in [6.45, 7) is 0. The van der Waals surface area contributed by atoms with Crippen LogP contribution >= 0.6 is 27.5 Å². The molecule has 2 aromatic carbocycles. The second-order valence-electron chi connectivity index (χ2n) is 3.73. The van der Waals surface area contributed by atoms with Gasteiger partial charge in [0, 0.05) is 17.2 Å². The van der Waals surface area contributed by atoms with Gasteiger partial charge in [0.15, 0.2) is 0 Å². The van der Waals surface area contributed by atoms with Crippen molar-refractivity contribution in [2.24, 2.45) is 0 Å². The van der Waals surface area contributed by atoms with Crippen LogP contribution in [0.2, 0.25) is 5.02 Å². The first-order valence-electron chi connectivity index (χ1n) is 5.32. The summed E-state index contributed by atoms with van der Waals surface area (Å²) in [5, 5.41) is 20.3. The van der Waals surface area contributed by atoms with Crippen LogP contribution < -0.4 is 4.74 Å². The van der Waals surface area contributed by atoms with Gasteiger partial charge in [0.05, 0.1) is 21.0 Å². The van der Waals surface area contributed by atoms with Crippen molar-refractivity contribution in [3.63, 3.8) is 0 Å². The highest BCUT2D eigenvalue weighted by Gasteiger charge is 2.17. The molecule has 100 valence electrons. The van der Waals surface area contributed by atoms with Crippen molar-refractivity contribution < 1.29 is 9.66 Å².